The molecule has 0 aliphatic rings. The van der Waals surface area contributed by atoms with E-state index in [0.29, 0.717) is 11.1 Å². The van der Waals surface area contributed by atoms with Crippen molar-refractivity contribution in [3.05, 3.63) is 47.8 Å². The van der Waals surface area contributed by atoms with Gasteiger partial charge < -0.3 is 4.74 Å². The molecule has 0 aliphatic carbocycles. The Bertz CT molecular complexity index is 580. The maximum Gasteiger partial charge on any atom is 0.337 e. The number of hydrogen-bond donors (Lipinski definition) is 0. The van der Waals surface area contributed by atoms with Crippen molar-refractivity contribution >= 4 is 5.97 Å². The number of carbonyl (C=O) groups excluding carboxylic acids is 1. The highest BCUT2D eigenvalue weighted by atomic mass is 16.5. The monoisotopic (exact) mass is 226 g/mol. The molecule has 0 saturated carbocycles. The van der Waals surface area contributed by atoms with E-state index in [1.165, 1.54) is 7.11 Å². The number of rotatable bonds is 2. The van der Waals surface area contributed by atoms with Crippen molar-refractivity contribution in [3.63, 3.8) is 0 Å². The predicted octanol–water partition coefficient (Wildman–Crippen LogP) is 1.64. The minimum atomic E-state index is -0.409. The van der Waals surface area contributed by atoms with Crippen LogP contribution in [0.2, 0.25) is 0 Å². The summed E-state index contributed by atoms with van der Waals surface area (Å²) in [4.78, 5) is 11.4. The average Bonchev–Trinajstić information content (AvgIpc) is 2.90. The molecule has 0 radical (unpaired) electrons. The Morgan fingerprint density at radius 1 is 1.53 bits per heavy atom. The molecule has 0 bridgehead atoms. The van der Waals surface area contributed by atoms with E-state index in [0.717, 1.165) is 5.69 Å². The fourth-order valence-corrected chi connectivity index (χ4v) is 1.51. The number of ether oxygens (including phenoxy) is 1. The molecule has 0 atom stereocenters. The van der Waals surface area contributed by atoms with E-state index in [-0.39, 0.29) is 0 Å². The topological polar surface area (TPSA) is 44.1 Å². The lowest BCUT2D eigenvalue weighted by molar-refractivity contribution is 0.0600. The molecule has 0 aliphatic heterocycles. The molecular weight excluding hydrogens is 216 g/mol. The van der Waals surface area contributed by atoms with Gasteiger partial charge in [0.1, 0.15) is 0 Å². The molecular formula is C13H10N2O2. The summed E-state index contributed by atoms with van der Waals surface area (Å²) in [5.41, 5.74) is 1.78. The number of methoxy groups -OCH3 is 1. The van der Waals surface area contributed by atoms with Crippen LogP contribution in [-0.4, -0.2) is 22.9 Å². The van der Waals surface area contributed by atoms with Crippen molar-refractivity contribution in [2.24, 2.45) is 0 Å². The Hall–Kier alpha value is -2.54. The van der Waals surface area contributed by atoms with Crippen molar-refractivity contribution in [1.29, 1.82) is 0 Å². The summed E-state index contributed by atoms with van der Waals surface area (Å²) in [7, 11) is 1.33. The summed E-state index contributed by atoms with van der Waals surface area (Å²) >= 11 is 0. The van der Waals surface area contributed by atoms with Gasteiger partial charge in [-0.1, -0.05) is 5.92 Å². The first kappa shape index (κ1) is 11.0. The zero-order valence-electron chi connectivity index (χ0n) is 9.25. The molecule has 17 heavy (non-hydrogen) atoms. The third-order valence-electron chi connectivity index (χ3n) is 2.32. The van der Waals surface area contributed by atoms with Crippen LogP contribution in [0, 0.1) is 12.3 Å². The number of hydrogen-bond acceptors (Lipinski definition) is 3. The average molecular weight is 226 g/mol. The molecule has 4 heteroatoms. The second-order valence-corrected chi connectivity index (χ2v) is 3.32. The first-order valence-corrected chi connectivity index (χ1v) is 4.95. The van der Waals surface area contributed by atoms with Crippen molar-refractivity contribution in [3.8, 4) is 18.0 Å². The smallest absolute Gasteiger partial charge is 0.337 e. The van der Waals surface area contributed by atoms with Crippen molar-refractivity contribution in [2.75, 3.05) is 7.11 Å². The van der Waals surface area contributed by atoms with Gasteiger partial charge in [0.2, 0.25) is 0 Å². The van der Waals surface area contributed by atoms with Crippen LogP contribution in [0.25, 0.3) is 5.69 Å². The number of aromatic nitrogens is 2. The Kier molecular flexibility index (Phi) is 2.93. The van der Waals surface area contributed by atoms with Crippen LogP contribution >= 0.6 is 0 Å². The summed E-state index contributed by atoms with van der Waals surface area (Å²) in [5.74, 6) is 2.13. The minimum Gasteiger partial charge on any atom is -0.465 e. The van der Waals surface area contributed by atoms with Gasteiger partial charge in [-0.2, -0.15) is 5.10 Å². The second-order valence-electron chi connectivity index (χ2n) is 3.32. The highest BCUT2D eigenvalue weighted by Gasteiger charge is 2.09. The fraction of sp³-hybridized carbons (Fsp3) is 0.0769. The molecule has 0 fully saturated rings. The number of nitrogens with zero attached hydrogens (tertiary/aromatic N) is 2. The first-order chi connectivity index (χ1) is 8.26. The zero-order valence-corrected chi connectivity index (χ0v) is 9.25. The maximum absolute atomic E-state index is 11.4. The van der Waals surface area contributed by atoms with E-state index in [9.17, 15) is 4.79 Å². The highest BCUT2D eigenvalue weighted by Crippen LogP contribution is 2.15. The molecule has 0 unspecified atom stereocenters. The van der Waals surface area contributed by atoms with E-state index in [2.05, 4.69) is 15.8 Å². The lowest BCUT2D eigenvalue weighted by Gasteiger charge is -2.06. The molecule has 1 aromatic carbocycles. The van der Waals surface area contributed by atoms with Gasteiger partial charge >= 0.3 is 5.97 Å². The SMILES string of the molecule is C#Cc1cc(C(=O)OC)ccc1-n1cccn1. The molecule has 0 N–H and O–H groups in total. The maximum atomic E-state index is 11.4. The first-order valence-electron chi connectivity index (χ1n) is 4.95. The molecule has 1 aromatic heterocycles. The zero-order chi connectivity index (χ0) is 12.3. The third kappa shape index (κ3) is 2.04. The van der Waals surface area contributed by atoms with Gasteiger partial charge in [0.15, 0.2) is 0 Å². The third-order valence-corrected chi connectivity index (χ3v) is 2.32. The quantitative estimate of drug-likeness (QED) is 0.577. The van der Waals surface area contributed by atoms with Gasteiger partial charge in [0.05, 0.1) is 23.9 Å². The van der Waals surface area contributed by atoms with Gasteiger partial charge in [-0.3, -0.25) is 0 Å². The summed E-state index contributed by atoms with van der Waals surface area (Å²) in [6.45, 7) is 0. The fourth-order valence-electron chi connectivity index (χ4n) is 1.51. The summed E-state index contributed by atoms with van der Waals surface area (Å²) in [6, 6.07) is 6.81. The van der Waals surface area contributed by atoms with Gasteiger partial charge in [0, 0.05) is 12.4 Å². The molecule has 2 rings (SSSR count). The van der Waals surface area contributed by atoms with Crippen LogP contribution in [0.15, 0.2) is 36.7 Å². The van der Waals surface area contributed by atoms with Gasteiger partial charge in [-0.05, 0) is 24.3 Å². The van der Waals surface area contributed by atoms with E-state index in [1.54, 1.807) is 41.3 Å². The van der Waals surface area contributed by atoms with Crippen LogP contribution in [-0.2, 0) is 4.74 Å². The summed E-state index contributed by atoms with van der Waals surface area (Å²) < 4.78 is 6.29. The van der Waals surface area contributed by atoms with Gasteiger partial charge in [-0.25, -0.2) is 9.48 Å². The van der Waals surface area contributed by atoms with Crippen molar-refractivity contribution < 1.29 is 9.53 Å². The van der Waals surface area contributed by atoms with Crippen molar-refractivity contribution in [1.82, 2.24) is 9.78 Å². The number of terminal acetylenes is 1. The lowest BCUT2D eigenvalue weighted by atomic mass is 10.1. The molecule has 0 amide bonds. The number of esters is 1. The van der Waals surface area contributed by atoms with E-state index >= 15 is 0 Å². The Labute approximate surface area is 98.8 Å². The van der Waals surface area contributed by atoms with Crippen LogP contribution in [0.3, 0.4) is 0 Å². The lowest BCUT2D eigenvalue weighted by Crippen LogP contribution is -2.04. The highest BCUT2D eigenvalue weighted by molar-refractivity contribution is 5.90. The van der Waals surface area contributed by atoms with Crippen molar-refractivity contribution in [2.45, 2.75) is 0 Å². The summed E-state index contributed by atoms with van der Waals surface area (Å²) in [5, 5.41) is 4.09. The van der Waals surface area contributed by atoms with E-state index in [1.807, 2.05) is 0 Å². The van der Waals surface area contributed by atoms with Gasteiger partial charge in [0.25, 0.3) is 0 Å². The predicted molar refractivity (Wildman–Crippen MR) is 62.8 cm³/mol. The summed E-state index contributed by atoms with van der Waals surface area (Å²) in [6.07, 6.45) is 8.87. The molecule has 84 valence electrons. The van der Waals surface area contributed by atoms with Crippen LogP contribution < -0.4 is 0 Å². The minimum absolute atomic E-state index is 0.409. The Balaban J connectivity index is 2.51. The van der Waals surface area contributed by atoms with Gasteiger partial charge in [-0.15, -0.1) is 6.42 Å². The Morgan fingerprint density at radius 2 is 2.35 bits per heavy atom. The largest absolute Gasteiger partial charge is 0.465 e. The van der Waals surface area contributed by atoms with Crippen LogP contribution in [0.1, 0.15) is 15.9 Å². The molecule has 0 spiro atoms. The van der Waals surface area contributed by atoms with E-state index < -0.39 is 5.97 Å². The molecule has 0 saturated heterocycles. The van der Waals surface area contributed by atoms with Crippen LogP contribution in [0.5, 0.6) is 0 Å². The second kappa shape index (κ2) is 4.54. The van der Waals surface area contributed by atoms with E-state index in [4.69, 9.17) is 6.42 Å². The molecule has 1 heterocycles. The van der Waals surface area contributed by atoms with Crippen LogP contribution in [0.4, 0.5) is 0 Å². The molecule has 4 nitrogen and oxygen atoms in total. The standard InChI is InChI=1S/C13H10N2O2/c1-3-10-9-11(13(16)17-2)5-6-12(10)15-8-4-7-14-15/h1,4-9H,2H3. The normalized spacial score (nSPS) is 9.65. The number of benzene rings is 1. The Morgan fingerprint density at radius 3 is 2.94 bits per heavy atom. The number of carbonyl (C=O) groups is 1. The molecule has 2 aromatic rings.